The third-order valence-corrected chi connectivity index (χ3v) is 5.80. The number of anilines is 2. The Balaban J connectivity index is 1.59. The molecule has 0 aliphatic heterocycles. The topological polar surface area (TPSA) is 81.1 Å². The van der Waals surface area contributed by atoms with Crippen molar-refractivity contribution in [3.63, 3.8) is 0 Å². The summed E-state index contributed by atoms with van der Waals surface area (Å²) in [6, 6.07) is 11.2. The van der Waals surface area contributed by atoms with E-state index in [9.17, 15) is 4.79 Å². The minimum Gasteiger partial charge on any atom is -0.380 e. The van der Waals surface area contributed by atoms with Crippen LogP contribution in [0.25, 0.3) is 21.3 Å². The minimum atomic E-state index is -0.139. The lowest BCUT2D eigenvalue weighted by molar-refractivity contribution is 0.0922. The maximum Gasteiger partial charge on any atom is 0.251 e. The second-order valence-electron chi connectivity index (χ2n) is 6.59. The van der Waals surface area contributed by atoms with Crippen LogP contribution in [0.5, 0.6) is 0 Å². The van der Waals surface area contributed by atoms with Gasteiger partial charge in [0, 0.05) is 30.3 Å². The standard InChI is InChI=1S/C21H22ClN5O2S/c1-3-27-17-8-5-13(19(28)23-9-10-29-4-2)11-16(17)24-20(27)26-21-25-15-7-6-14(22)12-18(15)30-21/h5-8,11-12H,3-4,9-10H2,1-2H3,(H,23,28)(H,24,25,26). The van der Waals surface area contributed by atoms with Crippen LogP contribution in [0.2, 0.25) is 5.02 Å². The quantitative estimate of drug-likeness (QED) is 0.381. The Labute approximate surface area is 183 Å². The van der Waals surface area contributed by atoms with Gasteiger partial charge in [0.1, 0.15) is 0 Å². The maximum absolute atomic E-state index is 12.4. The van der Waals surface area contributed by atoms with Gasteiger partial charge in [-0.2, -0.15) is 0 Å². The van der Waals surface area contributed by atoms with Gasteiger partial charge in [-0.15, -0.1) is 0 Å². The number of rotatable bonds is 8. The number of hydrogen-bond acceptors (Lipinski definition) is 6. The number of hydrogen-bond donors (Lipinski definition) is 2. The van der Waals surface area contributed by atoms with Gasteiger partial charge in [-0.05, 0) is 50.2 Å². The Bertz CT molecular complexity index is 1200. The molecular weight excluding hydrogens is 422 g/mol. The Hall–Kier alpha value is -2.68. The van der Waals surface area contributed by atoms with Gasteiger partial charge in [0.05, 0.1) is 27.9 Å². The molecule has 9 heteroatoms. The van der Waals surface area contributed by atoms with Crippen LogP contribution >= 0.6 is 22.9 Å². The molecule has 0 bridgehead atoms. The van der Waals surface area contributed by atoms with Crippen LogP contribution in [0.15, 0.2) is 36.4 Å². The molecule has 156 valence electrons. The fourth-order valence-electron chi connectivity index (χ4n) is 3.22. The Morgan fingerprint density at radius 3 is 2.83 bits per heavy atom. The smallest absolute Gasteiger partial charge is 0.251 e. The van der Waals surface area contributed by atoms with E-state index in [0.717, 1.165) is 32.9 Å². The van der Waals surface area contributed by atoms with Crippen LogP contribution in [0, 0.1) is 0 Å². The first-order valence-electron chi connectivity index (χ1n) is 9.78. The summed E-state index contributed by atoms with van der Waals surface area (Å²) in [6.07, 6.45) is 0. The molecule has 2 N–H and O–H groups in total. The van der Waals surface area contributed by atoms with Crippen molar-refractivity contribution in [2.45, 2.75) is 20.4 Å². The molecule has 2 heterocycles. The van der Waals surface area contributed by atoms with E-state index in [1.165, 1.54) is 11.3 Å². The van der Waals surface area contributed by atoms with Crippen molar-refractivity contribution in [3.8, 4) is 0 Å². The number of aromatic nitrogens is 3. The largest absolute Gasteiger partial charge is 0.380 e. The number of ether oxygens (including phenoxy) is 1. The van der Waals surface area contributed by atoms with E-state index in [2.05, 4.69) is 27.1 Å². The molecule has 4 rings (SSSR count). The van der Waals surface area contributed by atoms with Crippen molar-refractivity contribution in [3.05, 3.63) is 47.0 Å². The highest BCUT2D eigenvalue weighted by Gasteiger charge is 2.14. The number of carbonyl (C=O) groups excluding carboxylic acids is 1. The van der Waals surface area contributed by atoms with E-state index in [-0.39, 0.29) is 5.91 Å². The molecule has 0 fully saturated rings. The molecule has 0 saturated carbocycles. The zero-order valence-corrected chi connectivity index (χ0v) is 18.3. The number of aryl methyl sites for hydroxylation is 1. The van der Waals surface area contributed by atoms with Gasteiger partial charge in [-0.1, -0.05) is 22.9 Å². The highest BCUT2D eigenvalue weighted by atomic mass is 35.5. The van der Waals surface area contributed by atoms with Crippen molar-refractivity contribution in [2.75, 3.05) is 25.1 Å². The predicted molar refractivity (Wildman–Crippen MR) is 122 cm³/mol. The van der Waals surface area contributed by atoms with Crippen LogP contribution < -0.4 is 10.6 Å². The van der Waals surface area contributed by atoms with Gasteiger partial charge in [0.25, 0.3) is 5.91 Å². The van der Waals surface area contributed by atoms with Crippen LogP contribution in [0.4, 0.5) is 11.1 Å². The summed E-state index contributed by atoms with van der Waals surface area (Å²) in [5.74, 6) is 0.548. The van der Waals surface area contributed by atoms with Gasteiger partial charge in [0.2, 0.25) is 5.95 Å². The lowest BCUT2D eigenvalue weighted by Gasteiger charge is -2.07. The maximum atomic E-state index is 12.4. The second-order valence-corrected chi connectivity index (χ2v) is 8.06. The van der Waals surface area contributed by atoms with E-state index in [1.807, 2.05) is 37.3 Å². The molecule has 4 aromatic rings. The Kier molecular flexibility index (Phi) is 6.17. The van der Waals surface area contributed by atoms with Crippen molar-refractivity contribution >= 4 is 61.2 Å². The molecule has 2 aromatic heterocycles. The number of carbonyl (C=O) groups is 1. The summed E-state index contributed by atoms with van der Waals surface area (Å²) < 4.78 is 8.33. The average molecular weight is 444 g/mol. The average Bonchev–Trinajstić information content (AvgIpc) is 3.29. The van der Waals surface area contributed by atoms with Crippen molar-refractivity contribution in [1.29, 1.82) is 0 Å². The van der Waals surface area contributed by atoms with Crippen molar-refractivity contribution in [1.82, 2.24) is 19.9 Å². The first-order chi connectivity index (χ1) is 14.6. The van der Waals surface area contributed by atoms with Gasteiger partial charge >= 0.3 is 0 Å². The van der Waals surface area contributed by atoms with Crippen LogP contribution in [0.3, 0.4) is 0 Å². The molecule has 0 unspecified atom stereocenters. The number of nitrogens with zero attached hydrogens (tertiary/aromatic N) is 3. The number of thiazole rings is 1. The molecule has 2 aromatic carbocycles. The van der Waals surface area contributed by atoms with Gasteiger partial charge in [0.15, 0.2) is 5.13 Å². The third kappa shape index (κ3) is 4.26. The zero-order chi connectivity index (χ0) is 21.1. The molecule has 30 heavy (non-hydrogen) atoms. The van der Waals surface area contributed by atoms with E-state index < -0.39 is 0 Å². The monoisotopic (exact) mass is 443 g/mol. The molecule has 0 aliphatic carbocycles. The third-order valence-electron chi connectivity index (χ3n) is 4.63. The first-order valence-corrected chi connectivity index (χ1v) is 11.0. The van der Waals surface area contributed by atoms with Gasteiger partial charge in [-0.25, -0.2) is 9.97 Å². The van der Waals surface area contributed by atoms with E-state index in [0.29, 0.717) is 36.3 Å². The summed E-state index contributed by atoms with van der Waals surface area (Å²) in [7, 11) is 0. The number of halogens is 1. The van der Waals surface area contributed by atoms with Crippen LogP contribution in [-0.2, 0) is 11.3 Å². The number of fused-ring (bicyclic) bond motifs is 2. The molecule has 0 spiro atoms. The fourth-order valence-corrected chi connectivity index (χ4v) is 4.35. The molecule has 0 radical (unpaired) electrons. The molecule has 0 saturated heterocycles. The fraction of sp³-hybridized carbons (Fsp3) is 0.286. The van der Waals surface area contributed by atoms with Crippen LogP contribution in [0.1, 0.15) is 24.2 Å². The van der Waals surface area contributed by atoms with Crippen LogP contribution in [-0.4, -0.2) is 40.2 Å². The Morgan fingerprint density at radius 2 is 2.03 bits per heavy atom. The lowest BCUT2D eigenvalue weighted by atomic mass is 10.2. The second kappa shape index (κ2) is 8.99. The van der Waals surface area contributed by atoms with Gasteiger partial charge < -0.3 is 19.9 Å². The summed E-state index contributed by atoms with van der Waals surface area (Å²) >= 11 is 7.60. The van der Waals surface area contributed by atoms with E-state index >= 15 is 0 Å². The summed E-state index contributed by atoms with van der Waals surface area (Å²) in [6.45, 7) is 6.32. The predicted octanol–water partition coefficient (Wildman–Crippen LogP) is 4.83. The first kappa shape index (κ1) is 20.6. The van der Waals surface area contributed by atoms with Crippen molar-refractivity contribution in [2.24, 2.45) is 0 Å². The Morgan fingerprint density at radius 1 is 1.17 bits per heavy atom. The molecule has 7 nitrogen and oxygen atoms in total. The van der Waals surface area contributed by atoms with Gasteiger partial charge in [-0.3, -0.25) is 4.79 Å². The lowest BCUT2D eigenvalue weighted by Crippen LogP contribution is -2.27. The summed E-state index contributed by atoms with van der Waals surface area (Å²) in [4.78, 5) is 21.7. The number of nitrogens with one attached hydrogen (secondary N) is 2. The highest BCUT2D eigenvalue weighted by Crippen LogP contribution is 2.31. The summed E-state index contributed by atoms with van der Waals surface area (Å²) in [5, 5.41) is 7.61. The normalized spacial score (nSPS) is 11.3. The van der Waals surface area contributed by atoms with E-state index in [1.54, 1.807) is 6.07 Å². The molecule has 0 atom stereocenters. The minimum absolute atomic E-state index is 0.139. The summed E-state index contributed by atoms with van der Waals surface area (Å²) in [5.41, 5.74) is 3.16. The van der Waals surface area contributed by atoms with Crippen molar-refractivity contribution < 1.29 is 9.53 Å². The zero-order valence-electron chi connectivity index (χ0n) is 16.7. The molecule has 1 amide bonds. The molecule has 0 aliphatic rings. The highest BCUT2D eigenvalue weighted by molar-refractivity contribution is 7.22. The number of amides is 1. The SMILES string of the molecule is CCOCCNC(=O)c1ccc2c(c1)nc(Nc1nc3ccc(Cl)cc3s1)n2CC. The molecular formula is C21H22ClN5O2S. The van der Waals surface area contributed by atoms with E-state index in [4.69, 9.17) is 21.3 Å². The number of imidazole rings is 1. The number of benzene rings is 2.